The summed E-state index contributed by atoms with van der Waals surface area (Å²) in [5.74, 6) is 0.525. The van der Waals surface area contributed by atoms with Crippen LogP contribution in [0.4, 0.5) is 16.3 Å². The second-order valence-corrected chi connectivity index (χ2v) is 11.7. The number of aromatic nitrogens is 3. The predicted octanol–water partition coefficient (Wildman–Crippen LogP) is 2.67. The van der Waals surface area contributed by atoms with Crippen molar-refractivity contribution in [2.24, 2.45) is 5.92 Å². The molecule has 0 spiro atoms. The zero-order valence-electron chi connectivity index (χ0n) is 25.0. The molecule has 4 heterocycles. The van der Waals surface area contributed by atoms with E-state index in [1.165, 1.54) is 6.08 Å². The largest absolute Gasteiger partial charge is 0.418 e. The summed E-state index contributed by atoms with van der Waals surface area (Å²) in [5.41, 5.74) is 2.60. The Hall–Kier alpha value is -3.22. The normalized spacial score (nSPS) is 22.1. The minimum Gasteiger partial charge on any atom is -0.394 e. The Kier molecular flexibility index (Phi) is 10.6. The van der Waals surface area contributed by atoms with Crippen molar-refractivity contribution in [3.8, 4) is 0 Å². The van der Waals surface area contributed by atoms with Crippen LogP contribution in [-0.2, 0) is 9.53 Å². The zero-order valence-corrected chi connectivity index (χ0v) is 25.0. The highest BCUT2D eigenvalue weighted by Crippen LogP contribution is 2.31. The van der Waals surface area contributed by atoms with Gasteiger partial charge in [-0.15, -0.1) is 5.10 Å². The van der Waals surface area contributed by atoms with Gasteiger partial charge in [0, 0.05) is 37.3 Å². The number of hydrogen-bond acceptors (Lipinski definition) is 10. The molecule has 0 bridgehead atoms. The number of likely N-dealkylation sites (N-methyl/N-ethyl adjacent to an activating group) is 1. The number of likely N-dealkylation sites (tertiary alicyclic amines) is 1. The monoisotopic (exact) mass is 570 g/mol. The average molecular weight is 571 g/mol. The van der Waals surface area contributed by atoms with Crippen LogP contribution in [0.15, 0.2) is 24.4 Å². The molecular formula is C29H46N8O4. The molecule has 2 saturated heterocycles. The maximum atomic E-state index is 13.1. The molecule has 226 valence electrons. The number of aliphatic hydroxyl groups excluding tert-OH is 1. The zero-order chi connectivity index (χ0) is 29.5. The van der Waals surface area contributed by atoms with Crippen LogP contribution in [0.5, 0.6) is 0 Å². The number of amides is 1. The van der Waals surface area contributed by atoms with Crippen LogP contribution in [0, 0.1) is 5.92 Å². The van der Waals surface area contributed by atoms with E-state index in [-0.39, 0.29) is 36.6 Å². The van der Waals surface area contributed by atoms with Crippen molar-refractivity contribution in [2.45, 2.75) is 70.5 Å². The Bertz CT molecular complexity index is 1200. The fraction of sp³-hybridized carbons (Fsp3) is 0.655. The number of nitrogens with one attached hydrogen (secondary N) is 3. The summed E-state index contributed by atoms with van der Waals surface area (Å²) >= 11 is 0. The molecule has 1 amide bonds. The Morgan fingerprint density at radius 2 is 2.12 bits per heavy atom. The fourth-order valence-electron chi connectivity index (χ4n) is 5.61. The van der Waals surface area contributed by atoms with E-state index in [1.807, 2.05) is 42.7 Å². The molecule has 0 saturated carbocycles. The van der Waals surface area contributed by atoms with Crippen molar-refractivity contribution in [2.75, 3.05) is 57.5 Å². The molecule has 4 unspecified atom stereocenters. The Morgan fingerprint density at radius 3 is 2.78 bits per heavy atom. The molecule has 0 aromatic carbocycles. The van der Waals surface area contributed by atoms with Crippen LogP contribution in [0.25, 0.3) is 5.65 Å². The van der Waals surface area contributed by atoms with Gasteiger partial charge in [0.2, 0.25) is 0 Å². The predicted molar refractivity (Wildman–Crippen MR) is 159 cm³/mol. The van der Waals surface area contributed by atoms with Crippen LogP contribution in [-0.4, -0.2) is 107 Å². The van der Waals surface area contributed by atoms with Crippen molar-refractivity contribution in [3.05, 3.63) is 30.1 Å². The second kappa shape index (κ2) is 14.1. The minimum absolute atomic E-state index is 0.0134. The van der Waals surface area contributed by atoms with E-state index in [0.29, 0.717) is 25.3 Å². The molecule has 41 heavy (non-hydrogen) atoms. The number of ether oxygens (including phenoxy) is 1. The van der Waals surface area contributed by atoms with Gasteiger partial charge in [-0.05, 0) is 64.7 Å². The molecule has 4 rings (SSSR count). The molecule has 0 radical (unpaired) electrons. The molecule has 0 aliphatic carbocycles. The second-order valence-electron chi connectivity index (χ2n) is 11.7. The third-order valence-corrected chi connectivity index (χ3v) is 7.94. The third-order valence-electron chi connectivity index (χ3n) is 7.94. The first-order valence-electron chi connectivity index (χ1n) is 14.8. The number of fused-ring (bicyclic) bond motifs is 1. The van der Waals surface area contributed by atoms with E-state index in [2.05, 4.69) is 29.8 Å². The number of rotatable bonds is 11. The van der Waals surface area contributed by atoms with Gasteiger partial charge < -0.3 is 35.6 Å². The highest BCUT2D eigenvalue weighted by molar-refractivity contribution is 5.91. The molecule has 2 aromatic heterocycles. The number of imidazole rings is 1. The highest BCUT2D eigenvalue weighted by Gasteiger charge is 2.39. The van der Waals surface area contributed by atoms with Crippen LogP contribution in [0.1, 0.15) is 58.1 Å². The number of carbonyl (C=O) groups excluding carboxylic acids is 2. The summed E-state index contributed by atoms with van der Waals surface area (Å²) in [7, 11) is 3.81. The van der Waals surface area contributed by atoms with Crippen LogP contribution >= 0.6 is 0 Å². The maximum Gasteiger partial charge on any atom is 0.418 e. The molecule has 12 heteroatoms. The summed E-state index contributed by atoms with van der Waals surface area (Å²) in [4.78, 5) is 33.8. The summed E-state index contributed by atoms with van der Waals surface area (Å²) in [6.45, 7) is 9.05. The number of carbonyl (C=O) groups is 2. The van der Waals surface area contributed by atoms with E-state index in [1.54, 1.807) is 11.0 Å². The van der Waals surface area contributed by atoms with E-state index >= 15 is 0 Å². The third kappa shape index (κ3) is 7.75. The lowest BCUT2D eigenvalue weighted by molar-refractivity contribution is -0.133. The maximum absolute atomic E-state index is 13.1. The quantitative estimate of drug-likeness (QED) is 0.181. The summed E-state index contributed by atoms with van der Waals surface area (Å²) in [6.07, 6.45) is 7.42. The number of piperidine rings is 1. The Balaban J connectivity index is 1.53. The van der Waals surface area contributed by atoms with E-state index in [0.717, 1.165) is 49.4 Å². The van der Waals surface area contributed by atoms with Crippen LogP contribution in [0.3, 0.4) is 0 Å². The smallest absolute Gasteiger partial charge is 0.394 e. The van der Waals surface area contributed by atoms with Crippen molar-refractivity contribution >= 4 is 29.2 Å². The SMILES string of the molecule is CCC(CO)Nc1cc(NC2CCN(C(=O)OC(=O)/C=C/CN(C)C)C(C3CCNC3)C2)c2ncc(C(C)C)n2n1. The lowest BCUT2D eigenvalue weighted by Crippen LogP contribution is -2.53. The van der Waals surface area contributed by atoms with E-state index < -0.39 is 12.1 Å². The van der Waals surface area contributed by atoms with Crippen molar-refractivity contribution in [3.63, 3.8) is 0 Å². The fourth-order valence-corrected chi connectivity index (χ4v) is 5.61. The Morgan fingerprint density at radius 1 is 1.32 bits per heavy atom. The van der Waals surface area contributed by atoms with Crippen molar-refractivity contribution < 1.29 is 19.4 Å². The van der Waals surface area contributed by atoms with Crippen LogP contribution < -0.4 is 16.0 Å². The average Bonchev–Trinajstić information content (AvgIpc) is 3.62. The lowest BCUT2D eigenvalue weighted by Gasteiger charge is -2.41. The number of aliphatic hydroxyl groups is 1. The van der Waals surface area contributed by atoms with Crippen LogP contribution in [0.2, 0.25) is 0 Å². The number of esters is 1. The molecule has 2 aromatic rings. The number of nitrogens with zero attached hydrogens (tertiary/aromatic N) is 5. The van der Waals surface area contributed by atoms with Gasteiger partial charge in [0.25, 0.3) is 0 Å². The number of anilines is 2. The molecule has 2 aliphatic heterocycles. The first kappa shape index (κ1) is 30.7. The first-order chi connectivity index (χ1) is 19.7. The van der Waals surface area contributed by atoms with Crippen molar-refractivity contribution in [1.29, 1.82) is 0 Å². The van der Waals surface area contributed by atoms with Gasteiger partial charge in [-0.1, -0.05) is 26.8 Å². The minimum atomic E-state index is -0.645. The van der Waals surface area contributed by atoms with Gasteiger partial charge in [0.15, 0.2) is 5.65 Å². The lowest BCUT2D eigenvalue weighted by atomic mass is 9.87. The topological polar surface area (TPSA) is 136 Å². The van der Waals surface area contributed by atoms with E-state index in [9.17, 15) is 14.7 Å². The standard InChI is InChI=1S/C29H46N8O4/c1-6-21(18-38)33-26-15-23(28-31-17-25(19(2)3)37(28)34-26)32-22-10-13-36(24(14-22)20-9-11-30-16-20)29(40)41-27(39)8-7-12-35(4)5/h7-8,15,17,19-22,24,30,32,38H,6,9-14,16,18H2,1-5H3,(H,33,34)/b8-7+. The van der Waals surface area contributed by atoms with Gasteiger partial charge in [-0.2, -0.15) is 0 Å². The molecule has 2 fully saturated rings. The van der Waals surface area contributed by atoms with E-state index in [4.69, 9.17) is 14.8 Å². The van der Waals surface area contributed by atoms with Gasteiger partial charge in [-0.25, -0.2) is 19.1 Å². The molecule has 2 aliphatic rings. The van der Waals surface area contributed by atoms with Crippen molar-refractivity contribution in [1.82, 2.24) is 29.7 Å². The van der Waals surface area contributed by atoms with Gasteiger partial charge in [0.05, 0.1) is 30.2 Å². The molecule has 4 atom stereocenters. The van der Waals surface area contributed by atoms with Gasteiger partial charge >= 0.3 is 12.1 Å². The summed E-state index contributed by atoms with van der Waals surface area (Å²) < 4.78 is 7.10. The van der Waals surface area contributed by atoms with Gasteiger partial charge in [0.1, 0.15) is 5.82 Å². The molecular weight excluding hydrogens is 524 g/mol. The number of hydrogen-bond donors (Lipinski definition) is 4. The summed E-state index contributed by atoms with van der Waals surface area (Å²) in [5, 5.41) is 25.0. The summed E-state index contributed by atoms with van der Waals surface area (Å²) in [6, 6.07) is 1.87. The molecule has 4 N–H and O–H groups in total. The molecule has 12 nitrogen and oxygen atoms in total. The van der Waals surface area contributed by atoms with Gasteiger partial charge in [-0.3, -0.25) is 0 Å². The first-order valence-corrected chi connectivity index (χ1v) is 14.8. The Labute approximate surface area is 242 Å². The highest BCUT2D eigenvalue weighted by atomic mass is 16.6.